The van der Waals surface area contributed by atoms with Gasteiger partial charge >= 0.3 is 12.0 Å². The summed E-state index contributed by atoms with van der Waals surface area (Å²) in [6, 6.07) is 0. The minimum absolute atomic E-state index is 0.0419. The molecule has 0 aliphatic carbocycles. The van der Waals surface area contributed by atoms with Crippen LogP contribution in [0.3, 0.4) is 0 Å². The van der Waals surface area contributed by atoms with Crippen molar-refractivity contribution in [1.29, 1.82) is 0 Å². The van der Waals surface area contributed by atoms with E-state index in [0.717, 1.165) is 0 Å². The summed E-state index contributed by atoms with van der Waals surface area (Å²) in [5.74, 6) is -0.170. The van der Waals surface area contributed by atoms with E-state index in [9.17, 15) is 10.0 Å². The zero-order valence-corrected chi connectivity index (χ0v) is 5.07. The number of carbonyl (C=O) groups excluding carboxylic acids is 1. The molecule has 0 N–H and O–H groups in total. The molecule has 0 fully saturated rings. The van der Waals surface area contributed by atoms with Crippen LogP contribution in [0.1, 0.15) is 5.89 Å². The summed E-state index contributed by atoms with van der Waals surface area (Å²) in [7, 11) is 0. The Kier molecular flexibility index (Phi) is 1.47. The molecular formula is C4H3N3O3. The summed E-state index contributed by atoms with van der Waals surface area (Å²) in [6.07, 6.45) is 1.17. The van der Waals surface area contributed by atoms with Crippen molar-refractivity contribution in [3.8, 4) is 0 Å². The molecule has 52 valence electrons. The van der Waals surface area contributed by atoms with Gasteiger partial charge in [0.05, 0.1) is 0 Å². The highest BCUT2D eigenvalue weighted by Crippen LogP contribution is 1.99. The van der Waals surface area contributed by atoms with Gasteiger partial charge in [-0.1, -0.05) is 9.89 Å². The molecule has 0 aliphatic rings. The van der Waals surface area contributed by atoms with E-state index >= 15 is 0 Å². The third kappa shape index (κ3) is 1.01. The van der Waals surface area contributed by atoms with Crippen molar-refractivity contribution >= 4 is 12.0 Å². The lowest BCUT2D eigenvalue weighted by Gasteiger charge is -1.83. The van der Waals surface area contributed by atoms with E-state index in [1.165, 1.54) is 13.0 Å². The van der Waals surface area contributed by atoms with Crippen molar-refractivity contribution < 1.29 is 14.2 Å². The first-order valence-corrected chi connectivity index (χ1v) is 2.39. The van der Waals surface area contributed by atoms with E-state index < -0.39 is 0 Å². The van der Waals surface area contributed by atoms with Gasteiger partial charge in [-0.2, -0.15) is 4.79 Å². The Labute approximate surface area is 55.4 Å². The molecule has 1 heterocycles. The van der Waals surface area contributed by atoms with Crippen LogP contribution in [0, 0.1) is 12.1 Å². The molecular weight excluding hydrogens is 138 g/mol. The quantitative estimate of drug-likeness (QED) is 0.302. The molecule has 1 aromatic rings. The molecule has 0 aromatic carbocycles. The third-order valence-electron chi connectivity index (χ3n) is 0.781. The first kappa shape index (κ1) is 6.44. The van der Waals surface area contributed by atoms with Crippen LogP contribution in [0.25, 0.3) is 0 Å². The summed E-state index contributed by atoms with van der Waals surface area (Å²) < 4.78 is 4.34. The van der Waals surface area contributed by atoms with Gasteiger partial charge in [0, 0.05) is 11.9 Å². The summed E-state index contributed by atoms with van der Waals surface area (Å²) in [6.45, 7) is 1.47. The van der Waals surface area contributed by atoms with Gasteiger partial charge in [-0.25, -0.2) is 0 Å². The topological polar surface area (TPSA) is 82.4 Å². The Morgan fingerprint density at radius 1 is 1.90 bits per heavy atom. The van der Waals surface area contributed by atoms with E-state index in [-0.39, 0.29) is 16.7 Å². The number of aromatic nitrogens is 2. The molecule has 0 atom stereocenters. The Hall–Kier alpha value is -1.68. The Morgan fingerprint density at radius 3 is 3.00 bits per heavy atom. The molecule has 10 heavy (non-hydrogen) atoms. The number of nitrogens with zero attached hydrogens (tertiary/aromatic N) is 3. The van der Waals surface area contributed by atoms with E-state index in [1.807, 2.05) is 0 Å². The van der Waals surface area contributed by atoms with E-state index in [2.05, 4.69) is 14.5 Å². The van der Waals surface area contributed by atoms with Crippen molar-refractivity contribution in [2.45, 2.75) is 6.92 Å². The van der Waals surface area contributed by atoms with Crippen LogP contribution in [-0.4, -0.2) is 11.1 Å². The van der Waals surface area contributed by atoms with Crippen LogP contribution in [0.5, 0.6) is 0 Å². The van der Waals surface area contributed by atoms with E-state index in [0.29, 0.717) is 0 Å². The zero-order valence-electron chi connectivity index (χ0n) is 5.07. The lowest BCUT2D eigenvalue weighted by atomic mass is 10.8. The van der Waals surface area contributed by atoms with Gasteiger partial charge in [0.1, 0.15) is 0 Å². The van der Waals surface area contributed by atoms with Gasteiger partial charge in [0.15, 0.2) is 5.89 Å². The van der Waals surface area contributed by atoms with Gasteiger partial charge in [-0.15, -0.1) is 0 Å². The molecule has 1 aromatic heterocycles. The standard InChI is InChI=1S/C4H3N3O3/c1-3-6-4(5-2-8)7(9)10-3/h1H3. The number of aryl methyl sites for hydroxylation is 1. The zero-order chi connectivity index (χ0) is 7.56. The SMILES string of the molecule is Cc1nc(N=C=O)[n+]([O-])o1. The smallest absolute Gasteiger partial charge is 0.431 e. The van der Waals surface area contributed by atoms with Crippen molar-refractivity contribution in [3.05, 3.63) is 11.1 Å². The molecule has 0 saturated heterocycles. The minimum Gasteiger partial charge on any atom is -0.431 e. The molecule has 6 nitrogen and oxygen atoms in total. The van der Waals surface area contributed by atoms with E-state index in [1.54, 1.807) is 0 Å². The third-order valence-corrected chi connectivity index (χ3v) is 0.781. The predicted molar refractivity (Wildman–Crippen MR) is 28.0 cm³/mol. The van der Waals surface area contributed by atoms with Gasteiger partial charge in [-0.3, -0.25) is 0 Å². The lowest BCUT2D eigenvalue weighted by molar-refractivity contribution is -0.782. The molecule has 0 amide bonds. The first-order valence-electron chi connectivity index (χ1n) is 2.39. The maximum atomic E-state index is 10.4. The van der Waals surface area contributed by atoms with Crippen molar-refractivity contribution in [1.82, 2.24) is 4.98 Å². The molecule has 0 unspecified atom stereocenters. The molecule has 0 spiro atoms. The fraction of sp³-hybridized carbons (Fsp3) is 0.250. The minimum atomic E-state index is -0.326. The highest BCUT2D eigenvalue weighted by atomic mass is 16.7. The average Bonchev–Trinajstić information content (AvgIpc) is 2.13. The fourth-order valence-corrected chi connectivity index (χ4v) is 0.470. The second-order valence-corrected chi connectivity index (χ2v) is 1.48. The molecule has 6 heteroatoms. The number of isocyanates is 1. The molecule has 0 saturated carbocycles. The largest absolute Gasteiger partial charge is 0.481 e. The van der Waals surface area contributed by atoms with Crippen molar-refractivity contribution in [3.63, 3.8) is 0 Å². The van der Waals surface area contributed by atoms with Crippen LogP contribution in [0.4, 0.5) is 5.95 Å². The lowest BCUT2D eigenvalue weighted by Crippen LogP contribution is -2.22. The highest BCUT2D eigenvalue weighted by molar-refractivity contribution is 5.38. The van der Waals surface area contributed by atoms with Crippen molar-refractivity contribution in [2.24, 2.45) is 4.99 Å². The van der Waals surface area contributed by atoms with Crippen LogP contribution < -0.4 is 4.90 Å². The van der Waals surface area contributed by atoms with Crippen LogP contribution in [0.2, 0.25) is 0 Å². The summed E-state index contributed by atoms with van der Waals surface area (Å²) >= 11 is 0. The average molecular weight is 141 g/mol. The second-order valence-electron chi connectivity index (χ2n) is 1.48. The van der Waals surface area contributed by atoms with E-state index in [4.69, 9.17) is 0 Å². The van der Waals surface area contributed by atoms with Crippen LogP contribution in [-0.2, 0) is 4.79 Å². The monoisotopic (exact) mass is 141 g/mol. The Morgan fingerprint density at radius 2 is 2.60 bits per heavy atom. The number of rotatable bonds is 1. The molecule has 0 radical (unpaired) electrons. The summed E-state index contributed by atoms with van der Waals surface area (Å²) in [5, 5.41) is 10.4. The highest BCUT2D eigenvalue weighted by Gasteiger charge is 2.09. The number of hydrogen-bond acceptors (Lipinski definition) is 5. The van der Waals surface area contributed by atoms with Gasteiger partial charge in [-0.05, 0) is 0 Å². The fourth-order valence-electron chi connectivity index (χ4n) is 0.470. The second kappa shape index (κ2) is 2.28. The Bertz CT molecular complexity index is 286. The molecule has 0 aliphatic heterocycles. The Balaban J connectivity index is 3.14. The number of hydrogen-bond donors (Lipinski definition) is 0. The normalized spacial score (nSPS) is 8.90. The molecule has 1 rings (SSSR count). The first-order chi connectivity index (χ1) is 4.74. The van der Waals surface area contributed by atoms with Crippen molar-refractivity contribution in [2.75, 3.05) is 0 Å². The van der Waals surface area contributed by atoms with Gasteiger partial charge in [0.2, 0.25) is 0 Å². The molecule has 0 bridgehead atoms. The van der Waals surface area contributed by atoms with Gasteiger partial charge < -0.3 is 9.73 Å². The summed E-state index contributed by atoms with van der Waals surface area (Å²) in [4.78, 5) is 16.1. The maximum absolute atomic E-state index is 10.4. The maximum Gasteiger partial charge on any atom is 0.481 e. The number of aliphatic imine (C=N–C) groups is 1. The predicted octanol–water partition coefficient (Wildman–Crippen LogP) is -0.416. The summed E-state index contributed by atoms with van der Waals surface area (Å²) in [5.41, 5.74) is 0. The van der Waals surface area contributed by atoms with Crippen LogP contribution in [0.15, 0.2) is 9.52 Å². The van der Waals surface area contributed by atoms with Gasteiger partial charge in [0.25, 0.3) is 0 Å². The van der Waals surface area contributed by atoms with Crippen LogP contribution >= 0.6 is 0 Å².